The van der Waals surface area contributed by atoms with E-state index in [1.54, 1.807) is 30.0 Å². The predicted octanol–water partition coefficient (Wildman–Crippen LogP) is 1.01. The molecular weight excluding hydrogens is 218 g/mol. The Morgan fingerprint density at radius 1 is 1.24 bits per heavy atom. The summed E-state index contributed by atoms with van der Waals surface area (Å²) in [5, 5.41) is 9.28. The Morgan fingerprint density at radius 3 is 2.59 bits per heavy atom. The summed E-state index contributed by atoms with van der Waals surface area (Å²) >= 11 is 0. The predicted molar refractivity (Wildman–Crippen MR) is 63.0 cm³/mol. The molecule has 2 heterocycles. The Labute approximate surface area is 98.4 Å². The monoisotopic (exact) mass is 231 g/mol. The number of rotatable bonds is 2. The Hall–Kier alpha value is -2.17. The van der Waals surface area contributed by atoms with Crippen LogP contribution in [0.25, 0.3) is 0 Å². The lowest BCUT2D eigenvalue weighted by Gasteiger charge is -2.09. The van der Waals surface area contributed by atoms with E-state index in [2.05, 4.69) is 9.97 Å². The van der Waals surface area contributed by atoms with Crippen molar-refractivity contribution in [3.05, 3.63) is 52.0 Å². The first-order valence-electron chi connectivity index (χ1n) is 5.24. The molecular formula is C12H13N3O2. The minimum absolute atomic E-state index is 0.0151. The summed E-state index contributed by atoms with van der Waals surface area (Å²) in [7, 11) is 0. The maximum absolute atomic E-state index is 11.7. The van der Waals surface area contributed by atoms with Crippen molar-refractivity contribution in [2.24, 2.45) is 0 Å². The van der Waals surface area contributed by atoms with E-state index in [0.717, 1.165) is 5.69 Å². The van der Waals surface area contributed by atoms with Crippen LogP contribution in [0.2, 0.25) is 0 Å². The van der Waals surface area contributed by atoms with Gasteiger partial charge in [0, 0.05) is 18.0 Å². The van der Waals surface area contributed by atoms with Crippen LogP contribution in [0.3, 0.4) is 0 Å². The third-order valence-electron chi connectivity index (χ3n) is 2.47. The Bertz CT molecular complexity index is 588. The van der Waals surface area contributed by atoms with Crippen LogP contribution in [0.15, 0.2) is 29.3 Å². The molecule has 17 heavy (non-hydrogen) atoms. The van der Waals surface area contributed by atoms with Gasteiger partial charge in [-0.2, -0.15) is 0 Å². The van der Waals surface area contributed by atoms with Gasteiger partial charge in [-0.25, -0.2) is 0 Å². The van der Waals surface area contributed by atoms with Crippen molar-refractivity contribution in [1.29, 1.82) is 0 Å². The maximum atomic E-state index is 11.7. The molecule has 0 aliphatic heterocycles. The zero-order valence-corrected chi connectivity index (χ0v) is 9.71. The molecule has 0 unspecified atom stereocenters. The average molecular weight is 231 g/mol. The Kier molecular flexibility index (Phi) is 2.91. The van der Waals surface area contributed by atoms with E-state index in [-0.39, 0.29) is 11.3 Å². The van der Waals surface area contributed by atoms with Crippen LogP contribution in [0.4, 0.5) is 0 Å². The van der Waals surface area contributed by atoms with E-state index in [9.17, 15) is 9.90 Å². The van der Waals surface area contributed by atoms with E-state index in [1.165, 1.54) is 6.07 Å². The molecule has 2 rings (SSSR count). The molecule has 0 amide bonds. The number of aryl methyl sites for hydroxylation is 2. The SMILES string of the molecule is Cc1cnc(Cn2c(C)cc(O)cc2=O)cn1. The molecule has 0 fully saturated rings. The fourth-order valence-corrected chi connectivity index (χ4v) is 1.58. The maximum Gasteiger partial charge on any atom is 0.254 e. The molecule has 0 atom stereocenters. The van der Waals surface area contributed by atoms with Crippen molar-refractivity contribution in [1.82, 2.24) is 14.5 Å². The second kappa shape index (κ2) is 4.37. The number of nitrogens with zero attached hydrogens (tertiary/aromatic N) is 3. The topological polar surface area (TPSA) is 68.0 Å². The minimum Gasteiger partial charge on any atom is -0.508 e. The van der Waals surface area contributed by atoms with E-state index in [1.807, 2.05) is 6.92 Å². The molecule has 0 saturated heterocycles. The minimum atomic E-state index is -0.245. The van der Waals surface area contributed by atoms with E-state index in [4.69, 9.17) is 0 Å². The Morgan fingerprint density at radius 2 is 2.00 bits per heavy atom. The van der Waals surface area contributed by atoms with Gasteiger partial charge < -0.3 is 9.67 Å². The molecule has 2 aromatic heterocycles. The van der Waals surface area contributed by atoms with Gasteiger partial charge in [0.15, 0.2) is 0 Å². The highest BCUT2D eigenvalue weighted by Gasteiger charge is 2.04. The number of pyridine rings is 1. The van der Waals surface area contributed by atoms with Gasteiger partial charge in [0.25, 0.3) is 5.56 Å². The van der Waals surface area contributed by atoms with Gasteiger partial charge in [0.05, 0.1) is 24.1 Å². The van der Waals surface area contributed by atoms with Gasteiger partial charge in [-0.05, 0) is 19.9 Å². The number of aromatic hydroxyl groups is 1. The lowest BCUT2D eigenvalue weighted by molar-refractivity contribution is 0.470. The van der Waals surface area contributed by atoms with Crippen LogP contribution < -0.4 is 5.56 Å². The van der Waals surface area contributed by atoms with Crippen LogP contribution >= 0.6 is 0 Å². The fourth-order valence-electron chi connectivity index (χ4n) is 1.58. The highest BCUT2D eigenvalue weighted by Crippen LogP contribution is 2.08. The molecule has 0 spiro atoms. The molecule has 0 aliphatic carbocycles. The van der Waals surface area contributed by atoms with Crippen molar-refractivity contribution in [3.63, 3.8) is 0 Å². The van der Waals surface area contributed by atoms with Gasteiger partial charge in [-0.1, -0.05) is 0 Å². The standard InChI is InChI=1S/C12H13N3O2/c1-8-5-14-10(6-13-8)7-15-9(2)3-11(16)4-12(15)17/h3-6,16H,7H2,1-2H3. The number of aromatic nitrogens is 3. The van der Waals surface area contributed by atoms with Gasteiger partial charge >= 0.3 is 0 Å². The fraction of sp³-hybridized carbons (Fsp3) is 0.250. The van der Waals surface area contributed by atoms with Gasteiger partial charge in [0.2, 0.25) is 0 Å². The summed E-state index contributed by atoms with van der Waals surface area (Å²) in [5.41, 5.74) is 2.00. The van der Waals surface area contributed by atoms with Crippen molar-refractivity contribution in [2.75, 3.05) is 0 Å². The summed E-state index contributed by atoms with van der Waals surface area (Å²) < 4.78 is 1.54. The number of hydrogen-bond acceptors (Lipinski definition) is 4. The lowest BCUT2D eigenvalue weighted by Crippen LogP contribution is -2.22. The molecule has 0 aliphatic rings. The lowest BCUT2D eigenvalue weighted by atomic mass is 10.3. The van der Waals surface area contributed by atoms with Crippen LogP contribution in [0.1, 0.15) is 17.1 Å². The molecule has 5 heteroatoms. The zero-order chi connectivity index (χ0) is 12.4. The molecule has 88 valence electrons. The van der Waals surface area contributed by atoms with E-state index >= 15 is 0 Å². The smallest absolute Gasteiger partial charge is 0.254 e. The highest BCUT2D eigenvalue weighted by atomic mass is 16.3. The zero-order valence-electron chi connectivity index (χ0n) is 9.71. The van der Waals surface area contributed by atoms with Crippen molar-refractivity contribution in [3.8, 4) is 5.75 Å². The van der Waals surface area contributed by atoms with Crippen LogP contribution in [-0.4, -0.2) is 19.6 Å². The largest absolute Gasteiger partial charge is 0.508 e. The second-order valence-corrected chi connectivity index (χ2v) is 3.93. The first kappa shape index (κ1) is 11.3. The average Bonchev–Trinajstić information content (AvgIpc) is 2.26. The highest BCUT2D eigenvalue weighted by molar-refractivity contribution is 5.22. The second-order valence-electron chi connectivity index (χ2n) is 3.93. The van der Waals surface area contributed by atoms with Gasteiger partial charge in [0.1, 0.15) is 5.75 Å². The summed E-state index contributed by atoms with van der Waals surface area (Å²) in [5.74, 6) is -0.0151. The van der Waals surface area contributed by atoms with E-state index < -0.39 is 0 Å². The number of hydrogen-bond donors (Lipinski definition) is 1. The van der Waals surface area contributed by atoms with Crippen LogP contribution in [-0.2, 0) is 6.54 Å². The quantitative estimate of drug-likeness (QED) is 0.837. The van der Waals surface area contributed by atoms with Crippen molar-refractivity contribution in [2.45, 2.75) is 20.4 Å². The van der Waals surface area contributed by atoms with Gasteiger partial charge in [-0.3, -0.25) is 14.8 Å². The molecule has 0 saturated carbocycles. The summed E-state index contributed by atoms with van der Waals surface area (Å²) in [6.07, 6.45) is 3.31. The summed E-state index contributed by atoms with van der Waals surface area (Å²) in [6, 6.07) is 2.73. The molecule has 5 nitrogen and oxygen atoms in total. The summed E-state index contributed by atoms with van der Waals surface area (Å²) in [6.45, 7) is 3.98. The Balaban J connectivity index is 2.36. The molecule has 0 aromatic carbocycles. The van der Waals surface area contributed by atoms with Gasteiger partial charge in [-0.15, -0.1) is 0 Å². The van der Waals surface area contributed by atoms with Crippen LogP contribution in [0.5, 0.6) is 5.75 Å². The van der Waals surface area contributed by atoms with E-state index in [0.29, 0.717) is 17.9 Å². The molecule has 1 N–H and O–H groups in total. The summed E-state index contributed by atoms with van der Waals surface area (Å²) in [4.78, 5) is 20.0. The normalized spacial score (nSPS) is 10.5. The molecule has 2 aromatic rings. The van der Waals surface area contributed by atoms with Crippen molar-refractivity contribution >= 4 is 0 Å². The first-order valence-corrected chi connectivity index (χ1v) is 5.24. The third-order valence-corrected chi connectivity index (χ3v) is 2.47. The molecule has 0 radical (unpaired) electrons. The third kappa shape index (κ3) is 2.50. The first-order chi connectivity index (χ1) is 8.06. The molecule has 0 bridgehead atoms. The van der Waals surface area contributed by atoms with Crippen LogP contribution in [0, 0.1) is 13.8 Å². The van der Waals surface area contributed by atoms with Crippen molar-refractivity contribution < 1.29 is 5.11 Å².